The normalized spacial score (nSPS) is 12.1. The largest absolute Gasteiger partial charge is 0.345 e. The molecule has 0 aliphatic heterocycles. The Kier molecular flexibility index (Phi) is 5.23. The summed E-state index contributed by atoms with van der Waals surface area (Å²) in [6.07, 6.45) is 7.97. The summed E-state index contributed by atoms with van der Waals surface area (Å²) in [5.41, 5.74) is 3.58. The van der Waals surface area contributed by atoms with Crippen molar-refractivity contribution in [2.24, 2.45) is 5.92 Å². The molecule has 1 atom stereocenters. The van der Waals surface area contributed by atoms with E-state index >= 15 is 0 Å². The number of H-pyrrole nitrogens is 1. The number of nitrogens with zero attached hydrogens (tertiary/aromatic N) is 2. The number of nitrogens with one attached hydrogen (secondary N) is 2. The van der Waals surface area contributed by atoms with Crippen molar-refractivity contribution in [3.8, 4) is 11.1 Å². The number of hydrogen-bond acceptors (Lipinski definition) is 3. The van der Waals surface area contributed by atoms with Crippen LogP contribution in [0.2, 0.25) is 0 Å². The van der Waals surface area contributed by atoms with E-state index in [2.05, 4.69) is 34.3 Å². The fourth-order valence-electron chi connectivity index (χ4n) is 2.82. The van der Waals surface area contributed by atoms with E-state index in [1.54, 1.807) is 12.4 Å². The molecule has 2 N–H and O–H groups in total. The Labute approximate surface area is 147 Å². The average molecular weight is 334 g/mol. The lowest BCUT2D eigenvalue weighted by atomic mass is 9.97. The predicted molar refractivity (Wildman–Crippen MR) is 97.9 cm³/mol. The Hall–Kier alpha value is -2.95. The minimum absolute atomic E-state index is 0.0567. The molecule has 0 aliphatic carbocycles. The van der Waals surface area contributed by atoms with E-state index in [1.807, 2.05) is 48.8 Å². The van der Waals surface area contributed by atoms with Crippen LogP contribution in [0, 0.1) is 5.92 Å². The molecule has 0 saturated heterocycles. The van der Waals surface area contributed by atoms with Crippen LogP contribution < -0.4 is 5.32 Å². The smallest absolute Gasteiger partial charge is 0.251 e. The molecule has 0 saturated carbocycles. The van der Waals surface area contributed by atoms with Crippen molar-refractivity contribution in [2.45, 2.75) is 26.3 Å². The number of pyridine rings is 1. The van der Waals surface area contributed by atoms with Gasteiger partial charge in [-0.15, -0.1) is 0 Å². The molecule has 1 amide bonds. The third kappa shape index (κ3) is 4.32. The lowest BCUT2D eigenvalue weighted by Crippen LogP contribution is -2.29. The quantitative estimate of drug-likeness (QED) is 0.716. The van der Waals surface area contributed by atoms with Crippen LogP contribution in [0.4, 0.5) is 0 Å². The second-order valence-corrected chi connectivity index (χ2v) is 6.51. The van der Waals surface area contributed by atoms with Crippen LogP contribution in [0.3, 0.4) is 0 Å². The molecule has 0 spiro atoms. The molecule has 2 heterocycles. The molecule has 25 heavy (non-hydrogen) atoms. The minimum atomic E-state index is -0.0835. The van der Waals surface area contributed by atoms with Crippen molar-refractivity contribution < 1.29 is 4.79 Å². The van der Waals surface area contributed by atoms with Crippen molar-refractivity contribution in [2.75, 3.05) is 0 Å². The number of amides is 1. The highest BCUT2D eigenvalue weighted by atomic mass is 16.1. The molecular formula is C20H22N4O. The summed E-state index contributed by atoms with van der Waals surface area (Å²) in [4.78, 5) is 17.0. The Balaban J connectivity index is 1.81. The van der Waals surface area contributed by atoms with Crippen LogP contribution in [-0.4, -0.2) is 21.1 Å². The van der Waals surface area contributed by atoms with E-state index in [9.17, 15) is 4.79 Å². The molecule has 0 unspecified atom stereocenters. The maximum atomic E-state index is 12.8. The first-order valence-electron chi connectivity index (χ1n) is 8.43. The SMILES string of the molecule is CC(C)C[C@H](NC(=O)c1cccc(-c2cn[nH]c2)c1)c1cccnc1. The van der Waals surface area contributed by atoms with Gasteiger partial charge in [0.15, 0.2) is 0 Å². The van der Waals surface area contributed by atoms with Crippen molar-refractivity contribution in [1.29, 1.82) is 0 Å². The first-order valence-corrected chi connectivity index (χ1v) is 8.43. The van der Waals surface area contributed by atoms with Gasteiger partial charge in [0.1, 0.15) is 0 Å². The van der Waals surface area contributed by atoms with Crippen LogP contribution in [0.5, 0.6) is 0 Å². The van der Waals surface area contributed by atoms with Gasteiger partial charge in [0.2, 0.25) is 0 Å². The molecule has 3 aromatic rings. The first-order chi connectivity index (χ1) is 12.1. The molecule has 5 heteroatoms. The van der Waals surface area contributed by atoms with Gasteiger partial charge in [-0.25, -0.2) is 0 Å². The second kappa shape index (κ2) is 7.75. The number of benzene rings is 1. The summed E-state index contributed by atoms with van der Waals surface area (Å²) >= 11 is 0. The van der Waals surface area contributed by atoms with Crippen LogP contribution in [0.25, 0.3) is 11.1 Å². The van der Waals surface area contributed by atoms with Crippen molar-refractivity contribution in [3.63, 3.8) is 0 Å². The van der Waals surface area contributed by atoms with Gasteiger partial charge < -0.3 is 5.32 Å². The molecule has 0 fully saturated rings. The van der Waals surface area contributed by atoms with E-state index in [-0.39, 0.29) is 11.9 Å². The molecule has 0 aliphatic rings. The Bertz CT molecular complexity index is 813. The molecule has 3 rings (SSSR count). The Morgan fingerprint density at radius 1 is 1.16 bits per heavy atom. The van der Waals surface area contributed by atoms with Crippen molar-refractivity contribution in [1.82, 2.24) is 20.5 Å². The topological polar surface area (TPSA) is 70.7 Å². The monoisotopic (exact) mass is 334 g/mol. The Morgan fingerprint density at radius 2 is 2.04 bits per heavy atom. The maximum absolute atomic E-state index is 12.8. The zero-order chi connectivity index (χ0) is 17.6. The predicted octanol–water partition coefficient (Wildman–Crippen LogP) is 3.99. The maximum Gasteiger partial charge on any atom is 0.251 e. The summed E-state index contributed by atoms with van der Waals surface area (Å²) in [5, 5.41) is 9.91. The summed E-state index contributed by atoms with van der Waals surface area (Å²) < 4.78 is 0. The van der Waals surface area contributed by atoms with E-state index in [0.29, 0.717) is 11.5 Å². The number of aromatic nitrogens is 3. The van der Waals surface area contributed by atoms with Crippen LogP contribution in [0.15, 0.2) is 61.2 Å². The van der Waals surface area contributed by atoms with Gasteiger partial charge in [-0.1, -0.05) is 32.0 Å². The number of carbonyl (C=O) groups excluding carboxylic acids is 1. The van der Waals surface area contributed by atoms with Gasteiger partial charge in [-0.3, -0.25) is 14.9 Å². The van der Waals surface area contributed by atoms with E-state index in [4.69, 9.17) is 0 Å². The standard InChI is InChI=1S/C20H22N4O/c1-14(2)9-19(17-7-4-8-21-11-17)24-20(25)16-6-3-5-15(10-16)18-12-22-23-13-18/h3-8,10-14,19H,9H2,1-2H3,(H,22,23)(H,24,25)/t19-/m0/s1. The molecule has 0 bridgehead atoms. The van der Waals surface area contributed by atoms with Crippen LogP contribution >= 0.6 is 0 Å². The van der Waals surface area contributed by atoms with Crippen molar-refractivity contribution >= 4 is 5.91 Å². The highest BCUT2D eigenvalue weighted by Crippen LogP contribution is 2.22. The molecule has 5 nitrogen and oxygen atoms in total. The summed E-state index contributed by atoms with van der Waals surface area (Å²) in [6, 6.07) is 11.4. The number of hydrogen-bond donors (Lipinski definition) is 2. The fourth-order valence-corrected chi connectivity index (χ4v) is 2.82. The molecular weight excluding hydrogens is 312 g/mol. The fraction of sp³-hybridized carbons (Fsp3) is 0.250. The highest BCUT2D eigenvalue weighted by molar-refractivity contribution is 5.95. The lowest BCUT2D eigenvalue weighted by molar-refractivity contribution is 0.0932. The second-order valence-electron chi connectivity index (χ2n) is 6.51. The zero-order valence-corrected chi connectivity index (χ0v) is 14.4. The summed E-state index contributed by atoms with van der Waals surface area (Å²) in [7, 11) is 0. The van der Waals surface area contributed by atoms with Gasteiger partial charge in [0.05, 0.1) is 12.2 Å². The number of aromatic amines is 1. The summed E-state index contributed by atoms with van der Waals surface area (Å²) in [5.74, 6) is 0.377. The third-order valence-electron chi connectivity index (χ3n) is 4.06. The van der Waals surface area contributed by atoms with Gasteiger partial charge >= 0.3 is 0 Å². The lowest BCUT2D eigenvalue weighted by Gasteiger charge is -2.21. The number of carbonyl (C=O) groups is 1. The molecule has 1 aromatic carbocycles. The van der Waals surface area contributed by atoms with E-state index in [1.165, 1.54) is 0 Å². The molecule has 2 aromatic heterocycles. The van der Waals surface area contributed by atoms with Crippen LogP contribution in [0.1, 0.15) is 42.2 Å². The van der Waals surface area contributed by atoms with Gasteiger partial charge in [-0.05, 0) is 41.7 Å². The van der Waals surface area contributed by atoms with Gasteiger partial charge in [0.25, 0.3) is 5.91 Å². The van der Waals surface area contributed by atoms with Gasteiger partial charge in [-0.2, -0.15) is 5.10 Å². The van der Waals surface area contributed by atoms with Crippen molar-refractivity contribution in [3.05, 3.63) is 72.3 Å². The van der Waals surface area contributed by atoms with E-state index in [0.717, 1.165) is 23.1 Å². The summed E-state index contributed by atoms with van der Waals surface area (Å²) in [6.45, 7) is 4.30. The molecule has 0 radical (unpaired) electrons. The zero-order valence-electron chi connectivity index (χ0n) is 14.4. The van der Waals surface area contributed by atoms with E-state index < -0.39 is 0 Å². The third-order valence-corrected chi connectivity index (χ3v) is 4.06. The van der Waals surface area contributed by atoms with Crippen LogP contribution in [-0.2, 0) is 0 Å². The minimum Gasteiger partial charge on any atom is -0.345 e. The average Bonchev–Trinajstić information content (AvgIpc) is 3.16. The van der Waals surface area contributed by atoms with Gasteiger partial charge in [0, 0.05) is 29.7 Å². The molecule has 128 valence electrons. The first kappa shape index (κ1) is 16.9. The Morgan fingerprint density at radius 3 is 2.72 bits per heavy atom. The highest BCUT2D eigenvalue weighted by Gasteiger charge is 2.17. The number of rotatable bonds is 6.